The number of hydrogen-bond donors (Lipinski definition) is 2. The molecule has 1 aromatic carbocycles. The lowest BCUT2D eigenvalue weighted by Gasteiger charge is -2.11. The number of carboxylic acid groups (broad SMARTS) is 1. The summed E-state index contributed by atoms with van der Waals surface area (Å²) in [5.41, 5.74) is -0.274. The van der Waals surface area contributed by atoms with Crippen LogP contribution in [0.15, 0.2) is 18.2 Å². The first-order valence-corrected chi connectivity index (χ1v) is 6.14. The van der Waals surface area contributed by atoms with Crippen molar-refractivity contribution in [1.29, 1.82) is 0 Å². The van der Waals surface area contributed by atoms with E-state index in [9.17, 15) is 13.2 Å². The van der Waals surface area contributed by atoms with Crippen molar-refractivity contribution in [3.05, 3.63) is 33.8 Å². The Labute approximate surface area is 101 Å². The second kappa shape index (κ2) is 4.58. The van der Waals surface area contributed by atoms with Crippen LogP contribution >= 0.6 is 23.2 Å². The van der Waals surface area contributed by atoms with Gasteiger partial charge in [0.15, 0.2) is 0 Å². The van der Waals surface area contributed by atoms with Crippen molar-refractivity contribution in [3.8, 4) is 0 Å². The third kappa shape index (κ3) is 2.65. The standard InChI is InChI=1S/C8H6Cl2O5S/c9-5-3-1-2-4(6(5)10)7(8(11)12)16(13,14)15/h1-3,7H,(H,11,12)(H,13,14,15). The SMILES string of the molecule is O=C(O)C(c1cccc(Cl)c1Cl)S(=O)(=O)O. The molecule has 0 saturated carbocycles. The molecule has 5 nitrogen and oxygen atoms in total. The van der Waals surface area contributed by atoms with Crippen molar-refractivity contribution in [1.82, 2.24) is 0 Å². The molecule has 2 N–H and O–H groups in total. The Balaban J connectivity index is 3.45. The van der Waals surface area contributed by atoms with Gasteiger partial charge in [-0.3, -0.25) is 9.35 Å². The predicted molar refractivity (Wildman–Crippen MR) is 58.4 cm³/mol. The number of benzene rings is 1. The first-order valence-electron chi connectivity index (χ1n) is 3.88. The molecular formula is C8H6Cl2O5S. The summed E-state index contributed by atoms with van der Waals surface area (Å²) in [4.78, 5) is 10.8. The van der Waals surface area contributed by atoms with Crippen molar-refractivity contribution in [2.24, 2.45) is 0 Å². The van der Waals surface area contributed by atoms with Gasteiger partial charge < -0.3 is 5.11 Å². The molecule has 88 valence electrons. The minimum Gasteiger partial charge on any atom is -0.480 e. The lowest BCUT2D eigenvalue weighted by molar-refractivity contribution is -0.136. The Hall–Kier alpha value is -0.820. The fourth-order valence-corrected chi connectivity index (χ4v) is 2.40. The number of rotatable bonds is 3. The average Bonchev–Trinajstić information content (AvgIpc) is 2.09. The van der Waals surface area contributed by atoms with Gasteiger partial charge in [0.05, 0.1) is 10.0 Å². The smallest absolute Gasteiger partial charge is 0.329 e. The topological polar surface area (TPSA) is 91.7 Å². The zero-order valence-electron chi connectivity index (χ0n) is 7.59. The first kappa shape index (κ1) is 13.2. The lowest BCUT2D eigenvalue weighted by atomic mass is 10.1. The minimum atomic E-state index is -4.80. The molecule has 0 aromatic heterocycles. The van der Waals surface area contributed by atoms with Gasteiger partial charge >= 0.3 is 5.97 Å². The number of hydrogen-bond acceptors (Lipinski definition) is 3. The average molecular weight is 285 g/mol. The fourth-order valence-electron chi connectivity index (χ4n) is 1.14. The normalized spacial score (nSPS) is 13.4. The van der Waals surface area contributed by atoms with Gasteiger partial charge in [0, 0.05) is 5.56 Å². The maximum absolute atomic E-state index is 10.9. The van der Waals surface area contributed by atoms with Crippen LogP contribution < -0.4 is 0 Å². The van der Waals surface area contributed by atoms with Crippen molar-refractivity contribution in [2.75, 3.05) is 0 Å². The number of halogens is 2. The van der Waals surface area contributed by atoms with Gasteiger partial charge in [-0.15, -0.1) is 0 Å². The van der Waals surface area contributed by atoms with E-state index in [1.807, 2.05) is 0 Å². The molecule has 1 atom stereocenters. The number of carbonyl (C=O) groups is 1. The molecule has 8 heteroatoms. The Morgan fingerprint density at radius 3 is 2.31 bits per heavy atom. The van der Waals surface area contributed by atoms with E-state index in [0.717, 1.165) is 0 Å². The molecule has 16 heavy (non-hydrogen) atoms. The Morgan fingerprint density at radius 1 is 1.31 bits per heavy atom. The largest absolute Gasteiger partial charge is 0.480 e. The summed E-state index contributed by atoms with van der Waals surface area (Å²) < 4.78 is 30.6. The monoisotopic (exact) mass is 284 g/mol. The molecule has 0 aliphatic rings. The van der Waals surface area contributed by atoms with Crippen LogP contribution in [-0.4, -0.2) is 24.0 Å². The Bertz CT molecular complexity index is 525. The predicted octanol–water partition coefficient (Wildman–Crippen LogP) is 2.01. The van der Waals surface area contributed by atoms with Gasteiger partial charge in [-0.2, -0.15) is 8.42 Å². The molecule has 0 radical (unpaired) electrons. The summed E-state index contributed by atoms with van der Waals surface area (Å²) in [7, 11) is -4.80. The summed E-state index contributed by atoms with van der Waals surface area (Å²) in [5.74, 6) is -1.73. The second-order valence-electron chi connectivity index (χ2n) is 2.88. The molecule has 1 unspecified atom stereocenters. The maximum atomic E-state index is 10.9. The van der Waals surface area contributed by atoms with Crippen LogP contribution in [0.5, 0.6) is 0 Å². The lowest BCUT2D eigenvalue weighted by Crippen LogP contribution is -2.21. The van der Waals surface area contributed by atoms with Gasteiger partial charge in [-0.25, -0.2) is 0 Å². The molecule has 0 fully saturated rings. The van der Waals surface area contributed by atoms with Gasteiger partial charge in [0.2, 0.25) is 5.25 Å². The molecule has 0 amide bonds. The zero-order chi connectivity index (χ0) is 12.5. The number of carboxylic acids is 1. The molecule has 0 heterocycles. The summed E-state index contributed by atoms with van der Waals surface area (Å²) in [5, 5.41) is 6.39. The van der Waals surface area contributed by atoms with E-state index in [-0.39, 0.29) is 15.6 Å². The number of aliphatic carboxylic acids is 1. The van der Waals surface area contributed by atoms with Crippen LogP contribution in [0.25, 0.3) is 0 Å². The van der Waals surface area contributed by atoms with Gasteiger partial charge in [-0.05, 0) is 6.07 Å². The van der Waals surface area contributed by atoms with E-state index in [4.69, 9.17) is 32.9 Å². The van der Waals surface area contributed by atoms with Crippen LogP contribution in [0.4, 0.5) is 0 Å². The molecule has 1 rings (SSSR count). The van der Waals surface area contributed by atoms with E-state index >= 15 is 0 Å². The highest BCUT2D eigenvalue weighted by atomic mass is 35.5. The van der Waals surface area contributed by atoms with Crippen molar-refractivity contribution in [3.63, 3.8) is 0 Å². The first-order chi connectivity index (χ1) is 7.25. The third-order valence-electron chi connectivity index (χ3n) is 1.79. The third-order valence-corrected chi connectivity index (χ3v) is 3.67. The molecular weight excluding hydrogens is 279 g/mol. The highest BCUT2D eigenvalue weighted by Gasteiger charge is 2.34. The highest BCUT2D eigenvalue weighted by Crippen LogP contribution is 2.33. The van der Waals surface area contributed by atoms with E-state index in [1.54, 1.807) is 0 Å². The summed E-state index contributed by atoms with van der Waals surface area (Å²) in [6.07, 6.45) is 0. The Kier molecular flexibility index (Phi) is 3.80. The van der Waals surface area contributed by atoms with Gasteiger partial charge in [-0.1, -0.05) is 35.3 Å². The molecule has 0 saturated heterocycles. The minimum absolute atomic E-state index is 0.00840. The molecule has 0 spiro atoms. The van der Waals surface area contributed by atoms with Crippen LogP contribution in [0, 0.1) is 0 Å². The van der Waals surface area contributed by atoms with Crippen LogP contribution in [0.1, 0.15) is 10.8 Å². The molecule has 1 aromatic rings. The summed E-state index contributed by atoms with van der Waals surface area (Å²) in [6, 6.07) is 3.88. The molecule has 0 aliphatic carbocycles. The van der Waals surface area contributed by atoms with Crippen LogP contribution in [0.3, 0.4) is 0 Å². The van der Waals surface area contributed by atoms with Crippen LogP contribution in [-0.2, 0) is 14.9 Å². The fraction of sp³-hybridized carbons (Fsp3) is 0.125. The molecule has 0 aliphatic heterocycles. The van der Waals surface area contributed by atoms with E-state index in [0.29, 0.717) is 0 Å². The highest BCUT2D eigenvalue weighted by molar-refractivity contribution is 7.86. The van der Waals surface area contributed by atoms with Crippen molar-refractivity contribution in [2.45, 2.75) is 5.25 Å². The second-order valence-corrected chi connectivity index (χ2v) is 5.16. The van der Waals surface area contributed by atoms with Gasteiger partial charge in [0.25, 0.3) is 10.1 Å². The van der Waals surface area contributed by atoms with Gasteiger partial charge in [0.1, 0.15) is 0 Å². The zero-order valence-corrected chi connectivity index (χ0v) is 9.92. The maximum Gasteiger partial charge on any atom is 0.329 e. The van der Waals surface area contributed by atoms with E-state index in [1.165, 1.54) is 18.2 Å². The Morgan fingerprint density at radius 2 is 1.88 bits per heavy atom. The van der Waals surface area contributed by atoms with Crippen molar-refractivity contribution < 1.29 is 22.9 Å². The van der Waals surface area contributed by atoms with E-state index in [2.05, 4.69) is 0 Å². The summed E-state index contributed by atoms with van der Waals surface area (Å²) >= 11 is 11.3. The van der Waals surface area contributed by atoms with E-state index < -0.39 is 21.3 Å². The quantitative estimate of drug-likeness (QED) is 0.829. The molecule has 0 bridgehead atoms. The van der Waals surface area contributed by atoms with Crippen molar-refractivity contribution >= 4 is 39.3 Å². The summed E-state index contributed by atoms with van der Waals surface area (Å²) in [6.45, 7) is 0. The van der Waals surface area contributed by atoms with Crippen LogP contribution in [0.2, 0.25) is 10.0 Å².